The van der Waals surface area contributed by atoms with E-state index in [2.05, 4.69) is 10.2 Å². The average Bonchev–Trinajstić information content (AvgIpc) is 2.83. The Morgan fingerprint density at radius 3 is 2.24 bits per heavy atom. The van der Waals surface area contributed by atoms with Crippen LogP contribution >= 0.6 is 0 Å². The van der Waals surface area contributed by atoms with Gasteiger partial charge in [-0.25, -0.2) is 4.79 Å². The van der Waals surface area contributed by atoms with Crippen LogP contribution in [0.2, 0.25) is 0 Å². The van der Waals surface area contributed by atoms with Gasteiger partial charge >= 0.3 is 6.09 Å². The fraction of sp³-hybridized carbons (Fsp3) is 0.667. The Morgan fingerprint density at radius 1 is 1.12 bits per heavy atom. The molecule has 25 heavy (non-hydrogen) atoms. The van der Waals surface area contributed by atoms with E-state index in [1.165, 1.54) is 7.11 Å². The van der Waals surface area contributed by atoms with Crippen LogP contribution in [0.3, 0.4) is 0 Å². The van der Waals surface area contributed by atoms with Crippen molar-refractivity contribution in [1.29, 1.82) is 0 Å². The van der Waals surface area contributed by atoms with Crippen LogP contribution in [0.4, 0.5) is 4.79 Å². The minimum atomic E-state index is -0.512. The number of rotatable bonds is 3. The summed E-state index contributed by atoms with van der Waals surface area (Å²) in [7, 11) is 1.51. The van der Waals surface area contributed by atoms with Crippen molar-refractivity contribution < 1.29 is 19.1 Å². The predicted octanol–water partition coefficient (Wildman–Crippen LogP) is 2.85. The molecule has 0 radical (unpaired) electrons. The summed E-state index contributed by atoms with van der Waals surface area (Å²) >= 11 is 0. The van der Waals surface area contributed by atoms with E-state index in [0.29, 0.717) is 24.4 Å². The molecule has 3 rings (SSSR count). The second-order valence-electron chi connectivity index (χ2n) is 7.77. The van der Waals surface area contributed by atoms with Crippen LogP contribution in [0, 0.1) is 5.92 Å². The molecule has 7 nitrogen and oxygen atoms in total. The number of carbonyl (C=O) groups is 2. The number of nitrogens with zero attached hydrogens (tertiary/aromatic N) is 3. The Morgan fingerprint density at radius 2 is 1.76 bits per heavy atom. The van der Waals surface area contributed by atoms with Crippen molar-refractivity contribution in [3.05, 3.63) is 17.8 Å². The lowest BCUT2D eigenvalue weighted by molar-refractivity contribution is 0.00250. The summed E-state index contributed by atoms with van der Waals surface area (Å²) in [4.78, 5) is 27.1. The molecule has 0 aliphatic carbocycles. The van der Waals surface area contributed by atoms with Crippen LogP contribution in [0.1, 0.15) is 56.9 Å². The zero-order chi connectivity index (χ0) is 18.2. The van der Waals surface area contributed by atoms with Crippen molar-refractivity contribution in [3.63, 3.8) is 0 Å². The number of aromatic nitrogens is 2. The normalized spacial score (nSPS) is 25.6. The topological polar surface area (TPSA) is 81.6 Å². The van der Waals surface area contributed by atoms with E-state index in [0.717, 1.165) is 12.8 Å². The minimum Gasteiger partial charge on any atom is -0.480 e. The van der Waals surface area contributed by atoms with Gasteiger partial charge in [-0.3, -0.25) is 4.79 Å². The molecular weight excluding hydrogens is 322 g/mol. The number of piperidine rings is 1. The van der Waals surface area contributed by atoms with Gasteiger partial charge in [0.2, 0.25) is 5.88 Å². The molecule has 2 atom stereocenters. The molecule has 2 fully saturated rings. The number of Topliss-reactive ketones (excluding diaryl/α,β-unsaturated/α-hetero) is 1. The second kappa shape index (κ2) is 6.61. The third-order valence-electron chi connectivity index (χ3n) is 4.81. The maximum atomic E-state index is 12.7. The molecule has 0 saturated carbocycles. The van der Waals surface area contributed by atoms with Gasteiger partial charge in [-0.1, -0.05) is 0 Å². The Kier molecular flexibility index (Phi) is 4.67. The molecule has 1 aromatic rings. The van der Waals surface area contributed by atoms with Gasteiger partial charge in [-0.2, -0.15) is 0 Å². The van der Waals surface area contributed by atoms with Crippen molar-refractivity contribution in [2.45, 2.75) is 64.1 Å². The zero-order valence-corrected chi connectivity index (χ0v) is 15.2. The van der Waals surface area contributed by atoms with E-state index >= 15 is 0 Å². The fourth-order valence-corrected chi connectivity index (χ4v) is 3.77. The summed E-state index contributed by atoms with van der Waals surface area (Å²) in [5.41, 5.74) is -0.155. The number of hydrogen-bond donors (Lipinski definition) is 0. The summed E-state index contributed by atoms with van der Waals surface area (Å²) in [6.45, 7) is 5.60. The third-order valence-corrected chi connectivity index (χ3v) is 4.81. The molecular formula is C18H25N3O4. The Bertz CT molecular complexity index is 639. The van der Waals surface area contributed by atoms with Crippen molar-refractivity contribution in [2.24, 2.45) is 5.92 Å². The number of ketones is 1. The van der Waals surface area contributed by atoms with Crippen LogP contribution in [-0.4, -0.2) is 51.8 Å². The molecule has 2 unspecified atom stereocenters. The molecule has 2 aliphatic rings. The standard InChI is InChI=1S/C18H25N3O4/c1-18(2,3)25-17(23)21-12-5-6-13(21)10-11(9-12)16(22)14-7-8-15(24-4)20-19-14/h7-8,11-13H,5-6,9-10H2,1-4H3. The lowest BCUT2D eigenvalue weighted by atomic mass is 9.86. The predicted molar refractivity (Wildman–Crippen MR) is 90.5 cm³/mol. The Hall–Kier alpha value is -2.18. The molecule has 2 aliphatic heterocycles. The molecule has 0 aromatic carbocycles. The smallest absolute Gasteiger partial charge is 0.410 e. The quantitative estimate of drug-likeness (QED) is 0.782. The molecule has 0 N–H and O–H groups in total. The van der Waals surface area contributed by atoms with E-state index in [1.807, 2.05) is 25.7 Å². The first-order valence-electron chi connectivity index (χ1n) is 8.71. The Labute approximate surface area is 147 Å². The van der Waals surface area contributed by atoms with Crippen molar-refractivity contribution in [2.75, 3.05) is 7.11 Å². The van der Waals surface area contributed by atoms with Crippen molar-refractivity contribution in [1.82, 2.24) is 15.1 Å². The van der Waals surface area contributed by atoms with Crippen LogP contribution in [0.5, 0.6) is 5.88 Å². The number of hydrogen-bond acceptors (Lipinski definition) is 6. The highest BCUT2D eigenvalue weighted by Gasteiger charge is 2.46. The van der Waals surface area contributed by atoms with E-state index in [9.17, 15) is 9.59 Å². The molecule has 2 saturated heterocycles. The summed E-state index contributed by atoms with van der Waals surface area (Å²) in [5, 5.41) is 7.84. The summed E-state index contributed by atoms with van der Waals surface area (Å²) in [6.07, 6.45) is 2.88. The summed E-state index contributed by atoms with van der Waals surface area (Å²) in [5.74, 6) is 0.256. The molecule has 2 bridgehead atoms. The highest BCUT2D eigenvalue weighted by molar-refractivity contribution is 5.96. The highest BCUT2D eigenvalue weighted by Crippen LogP contribution is 2.40. The molecule has 136 valence electrons. The van der Waals surface area contributed by atoms with Gasteiger partial charge < -0.3 is 14.4 Å². The molecule has 3 heterocycles. The van der Waals surface area contributed by atoms with Gasteiger partial charge in [0.15, 0.2) is 5.78 Å². The number of ether oxygens (including phenoxy) is 2. The summed E-state index contributed by atoms with van der Waals surface area (Å²) in [6, 6.07) is 3.42. The second-order valence-corrected chi connectivity index (χ2v) is 7.77. The maximum absolute atomic E-state index is 12.7. The number of carbonyl (C=O) groups excluding carboxylic acids is 2. The highest BCUT2D eigenvalue weighted by atomic mass is 16.6. The monoisotopic (exact) mass is 347 g/mol. The first-order valence-corrected chi connectivity index (χ1v) is 8.71. The largest absolute Gasteiger partial charge is 0.480 e. The van der Waals surface area contributed by atoms with Crippen LogP contribution in [0.25, 0.3) is 0 Å². The van der Waals surface area contributed by atoms with Gasteiger partial charge in [0.05, 0.1) is 7.11 Å². The molecule has 1 amide bonds. The minimum absolute atomic E-state index is 0.00380. The third kappa shape index (κ3) is 3.75. The van der Waals surface area contributed by atoms with E-state index in [1.54, 1.807) is 12.1 Å². The van der Waals surface area contributed by atoms with Gasteiger partial charge in [0.25, 0.3) is 0 Å². The van der Waals surface area contributed by atoms with E-state index < -0.39 is 5.60 Å². The van der Waals surface area contributed by atoms with Gasteiger partial charge in [0.1, 0.15) is 11.3 Å². The van der Waals surface area contributed by atoms with Crippen LogP contribution < -0.4 is 4.74 Å². The lowest BCUT2D eigenvalue weighted by Crippen LogP contribution is -2.49. The SMILES string of the molecule is COc1ccc(C(=O)C2CC3CCC(C2)N3C(=O)OC(C)(C)C)nn1. The van der Waals surface area contributed by atoms with Gasteiger partial charge in [-0.15, -0.1) is 10.2 Å². The van der Waals surface area contributed by atoms with E-state index in [-0.39, 0.29) is 29.9 Å². The van der Waals surface area contributed by atoms with E-state index in [4.69, 9.17) is 9.47 Å². The number of amides is 1. The molecule has 1 aromatic heterocycles. The van der Waals surface area contributed by atoms with Crippen LogP contribution in [0.15, 0.2) is 12.1 Å². The average molecular weight is 347 g/mol. The first-order chi connectivity index (χ1) is 11.8. The lowest BCUT2D eigenvalue weighted by Gasteiger charge is -2.38. The van der Waals surface area contributed by atoms with Gasteiger partial charge in [-0.05, 0) is 52.5 Å². The number of fused-ring (bicyclic) bond motifs is 2. The number of methoxy groups -OCH3 is 1. The maximum Gasteiger partial charge on any atom is 0.410 e. The Balaban J connectivity index is 1.68. The van der Waals surface area contributed by atoms with Crippen molar-refractivity contribution >= 4 is 11.9 Å². The summed E-state index contributed by atoms with van der Waals surface area (Å²) < 4.78 is 10.5. The zero-order valence-electron chi connectivity index (χ0n) is 15.2. The molecule has 0 spiro atoms. The van der Waals surface area contributed by atoms with Crippen LogP contribution in [-0.2, 0) is 4.74 Å². The van der Waals surface area contributed by atoms with Crippen molar-refractivity contribution in [3.8, 4) is 5.88 Å². The first kappa shape index (κ1) is 17.6. The fourth-order valence-electron chi connectivity index (χ4n) is 3.77. The molecule has 7 heteroatoms. The van der Waals surface area contributed by atoms with Gasteiger partial charge in [0, 0.05) is 24.1 Å².